The highest BCUT2D eigenvalue weighted by atomic mass is 79.9. The molecule has 0 saturated heterocycles. The topological polar surface area (TPSA) is 35.2 Å². The third-order valence-electron chi connectivity index (χ3n) is 2.98. The van der Waals surface area contributed by atoms with E-state index in [4.69, 9.17) is 10.5 Å². The highest BCUT2D eigenvalue weighted by Gasteiger charge is 2.09. The zero-order valence-electron chi connectivity index (χ0n) is 11.5. The predicted molar refractivity (Wildman–Crippen MR) is 82.2 cm³/mol. The second-order valence-corrected chi connectivity index (χ2v) is 5.81. The summed E-state index contributed by atoms with van der Waals surface area (Å²) < 4.78 is 19.8. The lowest BCUT2D eigenvalue weighted by molar-refractivity contribution is 0.300. The van der Waals surface area contributed by atoms with E-state index in [0.29, 0.717) is 11.1 Å². The molecule has 2 aromatic rings. The maximum Gasteiger partial charge on any atom is 0.124 e. The van der Waals surface area contributed by atoms with Crippen LogP contribution in [0.2, 0.25) is 0 Å². The van der Waals surface area contributed by atoms with Crippen LogP contribution >= 0.6 is 15.9 Å². The van der Waals surface area contributed by atoms with Crippen molar-refractivity contribution in [2.24, 2.45) is 5.73 Å². The summed E-state index contributed by atoms with van der Waals surface area (Å²) in [5, 5.41) is 0. The monoisotopic (exact) mass is 337 g/mol. The van der Waals surface area contributed by atoms with E-state index in [-0.39, 0.29) is 11.9 Å². The fourth-order valence-corrected chi connectivity index (χ4v) is 2.51. The van der Waals surface area contributed by atoms with Crippen molar-refractivity contribution in [1.29, 1.82) is 0 Å². The van der Waals surface area contributed by atoms with Gasteiger partial charge in [0.1, 0.15) is 18.2 Å². The smallest absolute Gasteiger partial charge is 0.124 e. The van der Waals surface area contributed by atoms with Gasteiger partial charge in [-0.1, -0.05) is 28.1 Å². The first-order valence-corrected chi connectivity index (χ1v) is 7.19. The van der Waals surface area contributed by atoms with Gasteiger partial charge in [0.05, 0.1) is 0 Å². The lowest BCUT2D eigenvalue weighted by Gasteiger charge is -2.15. The summed E-state index contributed by atoms with van der Waals surface area (Å²) in [7, 11) is 0. The van der Waals surface area contributed by atoms with Gasteiger partial charge in [-0.15, -0.1) is 0 Å². The Labute approximate surface area is 126 Å². The number of aryl methyl sites for hydroxylation is 1. The molecule has 2 N–H and O–H groups in total. The van der Waals surface area contributed by atoms with Crippen molar-refractivity contribution >= 4 is 15.9 Å². The molecule has 2 rings (SSSR count). The fraction of sp³-hybridized carbons (Fsp3) is 0.250. The molecule has 0 fully saturated rings. The van der Waals surface area contributed by atoms with Crippen LogP contribution in [0.1, 0.15) is 29.7 Å². The summed E-state index contributed by atoms with van der Waals surface area (Å²) in [6, 6.07) is 10.5. The van der Waals surface area contributed by atoms with E-state index in [9.17, 15) is 4.39 Å². The normalized spacial score (nSPS) is 12.2. The van der Waals surface area contributed by atoms with Crippen LogP contribution in [0, 0.1) is 12.7 Å². The Morgan fingerprint density at radius 2 is 2.00 bits per heavy atom. The van der Waals surface area contributed by atoms with Gasteiger partial charge < -0.3 is 10.5 Å². The lowest BCUT2D eigenvalue weighted by Crippen LogP contribution is -2.08. The summed E-state index contributed by atoms with van der Waals surface area (Å²) >= 11 is 3.27. The average molecular weight is 338 g/mol. The quantitative estimate of drug-likeness (QED) is 0.891. The fourth-order valence-electron chi connectivity index (χ4n) is 2.00. The highest BCUT2D eigenvalue weighted by Crippen LogP contribution is 2.26. The van der Waals surface area contributed by atoms with Crippen molar-refractivity contribution in [1.82, 2.24) is 0 Å². The molecule has 0 aromatic heterocycles. The number of hydrogen-bond donors (Lipinski definition) is 1. The maximum atomic E-state index is 13.3. The predicted octanol–water partition coefficient (Wildman–Crippen LogP) is 4.50. The molecule has 0 amide bonds. The van der Waals surface area contributed by atoms with Crippen LogP contribution < -0.4 is 10.5 Å². The summed E-state index contributed by atoms with van der Waals surface area (Å²) in [6.07, 6.45) is 0. The molecule has 0 bridgehead atoms. The molecule has 0 heterocycles. The minimum Gasteiger partial charge on any atom is -0.489 e. The SMILES string of the molecule is Cc1ccc([C@@H](C)N)c(OCc2cc(F)cc(Br)c2)c1. The molecule has 0 saturated carbocycles. The second-order valence-electron chi connectivity index (χ2n) is 4.90. The first kappa shape index (κ1) is 15.0. The highest BCUT2D eigenvalue weighted by molar-refractivity contribution is 9.10. The van der Waals surface area contributed by atoms with Gasteiger partial charge in [0.25, 0.3) is 0 Å². The lowest BCUT2D eigenvalue weighted by atomic mass is 10.1. The first-order valence-electron chi connectivity index (χ1n) is 6.39. The molecule has 0 radical (unpaired) electrons. The Hall–Kier alpha value is -1.39. The van der Waals surface area contributed by atoms with Gasteiger partial charge in [-0.05, 0) is 49.2 Å². The van der Waals surface area contributed by atoms with E-state index in [0.717, 1.165) is 22.4 Å². The summed E-state index contributed by atoms with van der Waals surface area (Å²) in [4.78, 5) is 0. The molecule has 0 spiro atoms. The van der Waals surface area contributed by atoms with Crippen molar-refractivity contribution in [3.63, 3.8) is 0 Å². The number of hydrogen-bond acceptors (Lipinski definition) is 2. The Morgan fingerprint density at radius 3 is 2.65 bits per heavy atom. The van der Waals surface area contributed by atoms with Crippen LogP contribution in [0.3, 0.4) is 0 Å². The van der Waals surface area contributed by atoms with E-state index in [1.54, 1.807) is 0 Å². The Balaban J connectivity index is 2.20. The molecule has 4 heteroatoms. The molecule has 0 aliphatic carbocycles. The van der Waals surface area contributed by atoms with Crippen molar-refractivity contribution < 1.29 is 9.13 Å². The van der Waals surface area contributed by atoms with Gasteiger partial charge in [-0.25, -0.2) is 4.39 Å². The van der Waals surface area contributed by atoms with Gasteiger partial charge in [-0.3, -0.25) is 0 Å². The largest absolute Gasteiger partial charge is 0.489 e. The molecule has 20 heavy (non-hydrogen) atoms. The second kappa shape index (κ2) is 6.37. The number of ether oxygens (including phenoxy) is 1. The van der Waals surface area contributed by atoms with Crippen LogP contribution in [0.5, 0.6) is 5.75 Å². The minimum absolute atomic E-state index is 0.107. The molecule has 2 aromatic carbocycles. The molecular formula is C16H17BrFNO. The van der Waals surface area contributed by atoms with Gasteiger partial charge in [-0.2, -0.15) is 0 Å². The van der Waals surface area contributed by atoms with Crippen LogP contribution in [0.25, 0.3) is 0 Å². The number of nitrogens with two attached hydrogens (primary N) is 1. The van der Waals surface area contributed by atoms with E-state index in [1.807, 2.05) is 38.1 Å². The first-order chi connectivity index (χ1) is 9.45. The van der Waals surface area contributed by atoms with Crippen molar-refractivity contribution in [2.45, 2.75) is 26.5 Å². The van der Waals surface area contributed by atoms with E-state index < -0.39 is 0 Å². The summed E-state index contributed by atoms with van der Waals surface area (Å²) in [5.41, 5.74) is 8.76. The molecular weight excluding hydrogens is 321 g/mol. The van der Waals surface area contributed by atoms with E-state index in [1.165, 1.54) is 12.1 Å². The maximum absolute atomic E-state index is 13.3. The zero-order chi connectivity index (χ0) is 14.7. The van der Waals surface area contributed by atoms with Crippen LogP contribution in [-0.4, -0.2) is 0 Å². The molecule has 106 valence electrons. The van der Waals surface area contributed by atoms with E-state index in [2.05, 4.69) is 15.9 Å². The average Bonchev–Trinajstić information content (AvgIpc) is 2.35. The molecule has 0 aliphatic rings. The van der Waals surface area contributed by atoms with Gasteiger partial charge in [0, 0.05) is 16.1 Å². The molecule has 1 atom stereocenters. The van der Waals surface area contributed by atoms with Crippen LogP contribution in [-0.2, 0) is 6.61 Å². The Kier molecular flexibility index (Phi) is 4.78. The van der Waals surface area contributed by atoms with E-state index >= 15 is 0 Å². The summed E-state index contributed by atoms with van der Waals surface area (Å²) in [5.74, 6) is 0.468. The zero-order valence-corrected chi connectivity index (χ0v) is 13.1. The Bertz CT molecular complexity index is 593. The molecule has 0 aliphatic heterocycles. The number of halogens is 2. The third-order valence-corrected chi connectivity index (χ3v) is 3.43. The number of benzene rings is 2. The molecule has 2 nitrogen and oxygen atoms in total. The van der Waals surface area contributed by atoms with Crippen molar-refractivity contribution in [3.05, 3.63) is 63.4 Å². The van der Waals surface area contributed by atoms with Gasteiger partial charge in [0.2, 0.25) is 0 Å². The third kappa shape index (κ3) is 3.81. The van der Waals surface area contributed by atoms with Crippen molar-refractivity contribution in [3.8, 4) is 5.75 Å². The van der Waals surface area contributed by atoms with Crippen LogP contribution in [0.15, 0.2) is 40.9 Å². The van der Waals surface area contributed by atoms with Gasteiger partial charge >= 0.3 is 0 Å². The minimum atomic E-state index is -0.283. The standard InChI is InChI=1S/C16H17BrFNO/c1-10-3-4-15(11(2)19)16(5-10)20-9-12-6-13(17)8-14(18)7-12/h3-8,11H,9,19H2,1-2H3/t11-/m1/s1. The molecule has 0 unspecified atom stereocenters. The summed E-state index contributed by atoms with van der Waals surface area (Å²) in [6.45, 7) is 4.21. The Morgan fingerprint density at radius 1 is 1.25 bits per heavy atom. The van der Waals surface area contributed by atoms with Crippen LogP contribution in [0.4, 0.5) is 4.39 Å². The van der Waals surface area contributed by atoms with Gasteiger partial charge in [0.15, 0.2) is 0 Å². The number of rotatable bonds is 4. The van der Waals surface area contributed by atoms with Crippen molar-refractivity contribution in [2.75, 3.05) is 0 Å².